The van der Waals surface area contributed by atoms with Crippen molar-refractivity contribution in [3.8, 4) is 0 Å². The van der Waals surface area contributed by atoms with Crippen molar-refractivity contribution in [3.63, 3.8) is 0 Å². The van der Waals surface area contributed by atoms with Crippen LogP contribution in [0.1, 0.15) is 52.1 Å². The second kappa shape index (κ2) is 7.24. The number of nitrogens with one attached hydrogen (secondary N) is 1. The van der Waals surface area contributed by atoms with Gasteiger partial charge in [-0.2, -0.15) is 0 Å². The number of rotatable bonds is 5. The van der Waals surface area contributed by atoms with Crippen LogP contribution in [0.5, 0.6) is 0 Å². The molecular weight excluding hydrogens is 244 g/mol. The number of piperidine rings is 1. The monoisotopic (exact) mass is 274 g/mol. The van der Waals surface area contributed by atoms with Gasteiger partial charge < -0.3 is 5.32 Å². The first-order valence-electron chi connectivity index (χ1n) is 8.19. The first kappa shape index (κ1) is 15.5. The van der Waals surface area contributed by atoms with Crippen LogP contribution in [0.15, 0.2) is 30.3 Å². The molecule has 1 N–H and O–H groups in total. The lowest BCUT2D eigenvalue weighted by Gasteiger charge is -2.46. The zero-order valence-corrected chi connectivity index (χ0v) is 13.5. The summed E-state index contributed by atoms with van der Waals surface area (Å²) in [6, 6.07) is 12.7. The zero-order chi connectivity index (χ0) is 14.5. The van der Waals surface area contributed by atoms with Gasteiger partial charge in [-0.1, -0.05) is 44.2 Å². The fourth-order valence-electron chi connectivity index (χ4n) is 3.48. The highest BCUT2D eigenvalue weighted by molar-refractivity contribution is 5.18. The number of benzene rings is 1. The molecule has 1 aliphatic rings. The van der Waals surface area contributed by atoms with Gasteiger partial charge in [-0.15, -0.1) is 0 Å². The Morgan fingerprint density at radius 2 is 1.95 bits per heavy atom. The molecule has 2 nitrogen and oxygen atoms in total. The molecule has 1 fully saturated rings. The molecule has 0 radical (unpaired) electrons. The first-order valence-corrected chi connectivity index (χ1v) is 8.19. The minimum atomic E-state index is 0.515. The van der Waals surface area contributed by atoms with E-state index in [9.17, 15) is 0 Å². The van der Waals surface area contributed by atoms with Crippen molar-refractivity contribution < 1.29 is 0 Å². The van der Waals surface area contributed by atoms with E-state index in [1.807, 2.05) is 0 Å². The predicted octanol–water partition coefficient (Wildman–Crippen LogP) is 3.85. The van der Waals surface area contributed by atoms with Crippen LogP contribution in [-0.2, 0) is 0 Å². The maximum absolute atomic E-state index is 3.72. The van der Waals surface area contributed by atoms with E-state index in [1.54, 1.807) is 0 Å². The van der Waals surface area contributed by atoms with Gasteiger partial charge in [0.15, 0.2) is 0 Å². The molecule has 4 unspecified atom stereocenters. The van der Waals surface area contributed by atoms with Gasteiger partial charge in [0.25, 0.3) is 0 Å². The standard InChI is InChI=1S/C18H30N2/c1-5-12-19-18-11-13-20(15(3)14(18)2)16(4)17-9-7-6-8-10-17/h6-10,14-16,18-19H,5,11-13H2,1-4H3. The Morgan fingerprint density at radius 3 is 2.60 bits per heavy atom. The summed E-state index contributed by atoms with van der Waals surface area (Å²) in [4.78, 5) is 2.67. The van der Waals surface area contributed by atoms with Crippen molar-refractivity contribution in [2.75, 3.05) is 13.1 Å². The molecule has 4 atom stereocenters. The van der Waals surface area contributed by atoms with E-state index >= 15 is 0 Å². The minimum absolute atomic E-state index is 0.515. The molecule has 2 heteroatoms. The maximum Gasteiger partial charge on any atom is 0.0322 e. The molecule has 0 bridgehead atoms. The molecule has 112 valence electrons. The third-order valence-electron chi connectivity index (χ3n) is 5.05. The molecule has 1 aliphatic heterocycles. The van der Waals surface area contributed by atoms with E-state index in [2.05, 4.69) is 68.2 Å². The Labute approximate surface area is 124 Å². The van der Waals surface area contributed by atoms with E-state index in [-0.39, 0.29) is 0 Å². The number of hydrogen-bond acceptors (Lipinski definition) is 2. The Hall–Kier alpha value is -0.860. The van der Waals surface area contributed by atoms with Crippen LogP contribution in [-0.4, -0.2) is 30.1 Å². The summed E-state index contributed by atoms with van der Waals surface area (Å²) in [5.41, 5.74) is 1.44. The van der Waals surface area contributed by atoms with Gasteiger partial charge in [0, 0.05) is 24.7 Å². The Kier molecular flexibility index (Phi) is 5.62. The molecule has 0 aromatic heterocycles. The van der Waals surface area contributed by atoms with Crippen LogP contribution in [0.25, 0.3) is 0 Å². The Bertz CT molecular complexity index is 390. The summed E-state index contributed by atoms with van der Waals surface area (Å²) in [5, 5.41) is 3.72. The molecule has 0 amide bonds. The lowest BCUT2D eigenvalue weighted by atomic mass is 9.85. The van der Waals surface area contributed by atoms with E-state index in [4.69, 9.17) is 0 Å². The first-order chi connectivity index (χ1) is 9.65. The topological polar surface area (TPSA) is 15.3 Å². The lowest BCUT2D eigenvalue weighted by Crippen LogP contribution is -2.53. The van der Waals surface area contributed by atoms with Gasteiger partial charge in [-0.3, -0.25) is 4.90 Å². The van der Waals surface area contributed by atoms with Crippen molar-refractivity contribution in [1.82, 2.24) is 10.2 Å². The fraction of sp³-hybridized carbons (Fsp3) is 0.667. The summed E-state index contributed by atoms with van der Waals surface area (Å²) in [7, 11) is 0. The SMILES string of the molecule is CCCNC1CCN(C(C)c2ccccc2)C(C)C1C. The average molecular weight is 274 g/mol. The molecule has 1 aromatic rings. The van der Waals surface area contributed by atoms with Crippen LogP contribution in [0, 0.1) is 5.92 Å². The third-order valence-corrected chi connectivity index (χ3v) is 5.05. The summed E-state index contributed by atoms with van der Waals surface area (Å²) in [6.07, 6.45) is 2.49. The van der Waals surface area contributed by atoms with E-state index in [1.165, 1.54) is 24.9 Å². The van der Waals surface area contributed by atoms with Gasteiger partial charge in [0.1, 0.15) is 0 Å². The van der Waals surface area contributed by atoms with Gasteiger partial charge in [0.2, 0.25) is 0 Å². The number of hydrogen-bond donors (Lipinski definition) is 1. The van der Waals surface area contributed by atoms with Crippen molar-refractivity contribution in [2.45, 2.75) is 58.7 Å². The summed E-state index contributed by atoms with van der Waals surface area (Å²) in [5.74, 6) is 0.710. The minimum Gasteiger partial charge on any atom is -0.314 e. The normalized spacial score (nSPS) is 29.3. The third kappa shape index (κ3) is 3.42. The summed E-state index contributed by atoms with van der Waals surface area (Å²) < 4.78 is 0. The second-order valence-corrected chi connectivity index (χ2v) is 6.27. The quantitative estimate of drug-likeness (QED) is 0.877. The predicted molar refractivity (Wildman–Crippen MR) is 86.9 cm³/mol. The summed E-state index contributed by atoms with van der Waals surface area (Å²) in [6.45, 7) is 11.7. The number of likely N-dealkylation sites (tertiary alicyclic amines) is 1. The van der Waals surface area contributed by atoms with E-state index in [0.717, 1.165) is 6.54 Å². The molecule has 0 spiro atoms. The zero-order valence-electron chi connectivity index (χ0n) is 13.5. The molecular formula is C18H30N2. The highest BCUT2D eigenvalue weighted by Gasteiger charge is 2.34. The van der Waals surface area contributed by atoms with Gasteiger partial charge in [-0.25, -0.2) is 0 Å². The highest BCUT2D eigenvalue weighted by atomic mass is 15.2. The molecule has 0 saturated carbocycles. The maximum atomic E-state index is 3.72. The lowest BCUT2D eigenvalue weighted by molar-refractivity contribution is 0.0525. The average Bonchev–Trinajstić information content (AvgIpc) is 2.49. The molecule has 0 aliphatic carbocycles. The van der Waals surface area contributed by atoms with Crippen molar-refractivity contribution in [3.05, 3.63) is 35.9 Å². The van der Waals surface area contributed by atoms with Crippen LogP contribution >= 0.6 is 0 Å². The van der Waals surface area contributed by atoms with Gasteiger partial charge >= 0.3 is 0 Å². The largest absolute Gasteiger partial charge is 0.314 e. The molecule has 1 aromatic carbocycles. The second-order valence-electron chi connectivity index (χ2n) is 6.27. The van der Waals surface area contributed by atoms with Crippen LogP contribution in [0.2, 0.25) is 0 Å². The van der Waals surface area contributed by atoms with Gasteiger partial charge in [0.05, 0.1) is 0 Å². The molecule has 1 saturated heterocycles. The van der Waals surface area contributed by atoms with Gasteiger partial charge in [-0.05, 0) is 44.7 Å². The Balaban J connectivity index is 2.01. The smallest absolute Gasteiger partial charge is 0.0322 e. The van der Waals surface area contributed by atoms with Crippen molar-refractivity contribution in [1.29, 1.82) is 0 Å². The molecule has 20 heavy (non-hydrogen) atoms. The van der Waals surface area contributed by atoms with E-state index in [0.29, 0.717) is 24.0 Å². The molecule has 2 rings (SSSR count). The van der Waals surface area contributed by atoms with E-state index < -0.39 is 0 Å². The fourth-order valence-corrected chi connectivity index (χ4v) is 3.48. The molecule has 1 heterocycles. The van der Waals surface area contributed by atoms with Crippen molar-refractivity contribution >= 4 is 0 Å². The van der Waals surface area contributed by atoms with Crippen molar-refractivity contribution in [2.24, 2.45) is 5.92 Å². The highest BCUT2D eigenvalue weighted by Crippen LogP contribution is 2.31. The number of nitrogens with zero attached hydrogens (tertiary/aromatic N) is 1. The van der Waals surface area contributed by atoms with Crippen LogP contribution < -0.4 is 5.32 Å². The Morgan fingerprint density at radius 1 is 1.25 bits per heavy atom. The van der Waals surface area contributed by atoms with Crippen LogP contribution in [0.4, 0.5) is 0 Å². The summed E-state index contributed by atoms with van der Waals surface area (Å²) >= 11 is 0. The van der Waals surface area contributed by atoms with Crippen LogP contribution in [0.3, 0.4) is 0 Å².